The minimum Gasteiger partial charge on any atom is -0.481 e. The van der Waals surface area contributed by atoms with Crippen molar-refractivity contribution in [3.63, 3.8) is 0 Å². The zero-order chi connectivity index (χ0) is 13.9. The van der Waals surface area contributed by atoms with E-state index in [2.05, 4.69) is 9.80 Å². The van der Waals surface area contributed by atoms with Gasteiger partial charge in [0.1, 0.15) is 0 Å². The smallest absolute Gasteiger partial charge is 0.310 e. The number of carboxylic acid groups (broad SMARTS) is 1. The van der Waals surface area contributed by atoms with Crippen LogP contribution in [0.3, 0.4) is 0 Å². The van der Waals surface area contributed by atoms with Gasteiger partial charge in [-0.15, -0.1) is 0 Å². The van der Waals surface area contributed by atoms with E-state index in [1.165, 1.54) is 25.7 Å². The van der Waals surface area contributed by atoms with Gasteiger partial charge in [-0.05, 0) is 26.2 Å². The van der Waals surface area contributed by atoms with Crippen molar-refractivity contribution in [2.24, 2.45) is 5.41 Å². The predicted octanol–water partition coefficient (Wildman–Crippen LogP) is 2.05. The van der Waals surface area contributed by atoms with E-state index in [1.54, 1.807) is 0 Å². The molecule has 1 atom stereocenters. The molecule has 19 heavy (non-hydrogen) atoms. The van der Waals surface area contributed by atoms with E-state index < -0.39 is 11.4 Å². The molecule has 4 heteroatoms. The van der Waals surface area contributed by atoms with Gasteiger partial charge in [0, 0.05) is 38.8 Å². The van der Waals surface area contributed by atoms with E-state index in [0.29, 0.717) is 13.0 Å². The number of rotatable bonds is 5. The number of hydrogen-bond acceptors (Lipinski definition) is 3. The molecule has 1 saturated heterocycles. The first-order chi connectivity index (χ1) is 9.05. The Bertz CT molecular complexity index is 307. The van der Waals surface area contributed by atoms with Gasteiger partial charge < -0.3 is 5.11 Å². The average molecular weight is 268 g/mol. The lowest BCUT2D eigenvalue weighted by Crippen LogP contribution is -2.52. The van der Waals surface area contributed by atoms with Gasteiger partial charge in [-0.25, -0.2) is 0 Å². The van der Waals surface area contributed by atoms with Crippen LogP contribution < -0.4 is 0 Å². The third kappa shape index (κ3) is 3.48. The lowest BCUT2D eigenvalue weighted by molar-refractivity contribution is -0.149. The van der Waals surface area contributed by atoms with Crippen LogP contribution in [-0.2, 0) is 4.79 Å². The van der Waals surface area contributed by atoms with Crippen molar-refractivity contribution in [1.82, 2.24) is 9.80 Å². The van der Waals surface area contributed by atoms with Crippen LogP contribution in [0.2, 0.25) is 0 Å². The molecule has 1 unspecified atom stereocenters. The highest BCUT2D eigenvalue weighted by molar-refractivity contribution is 5.74. The van der Waals surface area contributed by atoms with Gasteiger partial charge in [-0.3, -0.25) is 14.6 Å². The molecule has 0 aromatic heterocycles. The van der Waals surface area contributed by atoms with E-state index in [0.717, 1.165) is 32.2 Å². The van der Waals surface area contributed by atoms with E-state index in [-0.39, 0.29) is 0 Å². The molecular weight excluding hydrogens is 240 g/mol. The molecule has 0 amide bonds. The van der Waals surface area contributed by atoms with Crippen LogP contribution in [0.4, 0.5) is 0 Å². The van der Waals surface area contributed by atoms with Crippen LogP contribution in [0.1, 0.15) is 46.0 Å². The molecule has 2 fully saturated rings. The van der Waals surface area contributed by atoms with Crippen molar-refractivity contribution in [2.75, 3.05) is 32.7 Å². The minimum atomic E-state index is -0.659. The van der Waals surface area contributed by atoms with Crippen molar-refractivity contribution in [2.45, 2.75) is 52.0 Å². The minimum absolute atomic E-state index is 0.588. The second kappa shape index (κ2) is 6.23. The number of nitrogens with zero attached hydrogens (tertiary/aromatic N) is 2. The summed E-state index contributed by atoms with van der Waals surface area (Å²) in [6, 6.07) is 0.805. The summed E-state index contributed by atoms with van der Waals surface area (Å²) in [6.07, 6.45) is 6.20. The lowest BCUT2D eigenvalue weighted by Gasteiger charge is -2.40. The van der Waals surface area contributed by atoms with Gasteiger partial charge in [0.15, 0.2) is 0 Å². The summed E-state index contributed by atoms with van der Waals surface area (Å²) in [6.45, 7) is 8.83. The summed E-state index contributed by atoms with van der Waals surface area (Å²) in [5.41, 5.74) is -0.588. The van der Waals surface area contributed by atoms with Crippen molar-refractivity contribution < 1.29 is 9.90 Å². The highest BCUT2D eigenvalue weighted by Gasteiger charge is 2.35. The van der Waals surface area contributed by atoms with Gasteiger partial charge in [0.05, 0.1) is 5.41 Å². The maximum Gasteiger partial charge on any atom is 0.310 e. The summed E-state index contributed by atoms with van der Waals surface area (Å²) in [5.74, 6) is -0.659. The second-order valence-electron chi connectivity index (χ2n) is 6.47. The fourth-order valence-corrected chi connectivity index (χ4v) is 3.38. The van der Waals surface area contributed by atoms with E-state index in [1.807, 2.05) is 13.8 Å². The molecule has 0 spiro atoms. The van der Waals surface area contributed by atoms with Gasteiger partial charge in [0.2, 0.25) is 0 Å². The monoisotopic (exact) mass is 268 g/mol. The highest BCUT2D eigenvalue weighted by Crippen LogP contribution is 2.26. The van der Waals surface area contributed by atoms with Gasteiger partial charge in [-0.2, -0.15) is 0 Å². The summed E-state index contributed by atoms with van der Waals surface area (Å²) in [4.78, 5) is 16.3. The molecule has 2 aliphatic rings. The molecular formula is C15H28N2O2. The van der Waals surface area contributed by atoms with Crippen molar-refractivity contribution in [3.05, 3.63) is 0 Å². The van der Waals surface area contributed by atoms with Crippen molar-refractivity contribution in [1.29, 1.82) is 0 Å². The Morgan fingerprint density at radius 3 is 2.26 bits per heavy atom. The van der Waals surface area contributed by atoms with Gasteiger partial charge >= 0.3 is 5.97 Å². The molecule has 1 aliphatic carbocycles. The topological polar surface area (TPSA) is 43.8 Å². The average Bonchev–Trinajstić information content (AvgIpc) is 2.93. The molecule has 0 aromatic carbocycles. The first-order valence-corrected chi connectivity index (χ1v) is 7.75. The largest absolute Gasteiger partial charge is 0.481 e. The molecule has 1 saturated carbocycles. The fourth-order valence-electron chi connectivity index (χ4n) is 3.38. The van der Waals surface area contributed by atoms with Gasteiger partial charge in [-0.1, -0.05) is 19.8 Å². The number of hydrogen-bond donors (Lipinski definition) is 1. The second-order valence-corrected chi connectivity index (χ2v) is 6.47. The Labute approximate surface area is 116 Å². The first-order valence-electron chi connectivity index (χ1n) is 7.75. The molecule has 1 N–H and O–H groups in total. The summed E-state index contributed by atoms with van der Waals surface area (Å²) >= 11 is 0. The molecule has 1 aliphatic heterocycles. The third-order valence-corrected chi connectivity index (χ3v) is 5.12. The van der Waals surface area contributed by atoms with E-state index in [4.69, 9.17) is 0 Å². The van der Waals surface area contributed by atoms with Crippen LogP contribution in [0.15, 0.2) is 0 Å². The Balaban J connectivity index is 1.81. The molecule has 0 aromatic rings. The Hall–Kier alpha value is -0.610. The van der Waals surface area contributed by atoms with Crippen LogP contribution in [0.25, 0.3) is 0 Å². The Kier molecular flexibility index (Phi) is 4.85. The van der Waals surface area contributed by atoms with Crippen LogP contribution >= 0.6 is 0 Å². The molecule has 2 rings (SSSR count). The van der Waals surface area contributed by atoms with E-state index in [9.17, 15) is 9.90 Å². The summed E-state index contributed by atoms with van der Waals surface area (Å²) in [5, 5.41) is 9.35. The molecule has 4 nitrogen and oxygen atoms in total. The molecule has 1 heterocycles. The zero-order valence-corrected chi connectivity index (χ0v) is 12.4. The maximum absolute atomic E-state index is 11.4. The van der Waals surface area contributed by atoms with E-state index >= 15 is 0 Å². The van der Waals surface area contributed by atoms with Crippen LogP contribution in [-0.4, -0.2) is 59.6 Å². The Morgan fingerprint density at radius 1 is 1.21 bits per heavy atom. The quantitative estimate of drug-likeness (QED) is 0.829. The molecule has 0 radical (unpaired) electrons. The van der Waals surface area contributed by atoms with Crippen LogP contribution in [0, 0.1) is 5.41 Å². The highest BCUT2D eigenvalue weighted by atomic mass is 16.4. The normalized spacial score (nSPS) is 26.4. The number of carboxylic acids is 1. The summed E-state index contributed by atoms with van der Waals surface area (Å²) < 4.78 is 0. The number of piperazine rings is 1. The third-order valence-electron chi connectivity index (χ3n) is 5.12. The predicted molar refractivity (Wildman–Crippen MR) is 76.3 cm³/mol. The first kappa shape index (κ1) is 14.8. The lowest BCUT2D eigenvalue weighted by atomic mass is 9.87. The summed E-state index contributed by atoms with van der Waals surface area (Å²) in [7, 11) is 0. The SMILES string of the molecule is CCC(C)(CN1CCN(C2CCCC2)CC1)C(=O)O. The van der Waals surface area contributed by atoms with Gasteiger partial charge in [0.25, 0.3) is 0 Å². The molecule has 110 valence electrons. The fraction of sp³-hybridized carbons (Fsp3) is 0.933. The number of carbonyl (C=O) groups is 1. The molecule has 0 bridgehead atoms. The van der Waals surface area contributed by atoms with Crippen molar-refractivity contribution in [3.8, 4) is 0 Å². The Morgan fingerprint density at radius 2 is 1.79 bits per heavy atom. The zero-order valence-electron chi connectivity index (χ0n) is 12.4. The standard InChI is InChI=1S/C15H28N2O2/c1-3-15(2,14(18)19)12-16-8-10-17(11-9-16)13-6-4-5-7-13/h13H,3-12H2,1-2H3,(H,18,19). The maximum atomic E-state index is 11.4. The van der Waals surface area contributed by atoms with Crippen LogP contribution in [0.5, 0.6) is 0 Å². The number of aliphatic carboxylic acids is 1. The van der Waals surface area contributed by atoms with Crippen molar-refractivity contribution >= 4 is 5.97 Å².